The largest absolute Gasteiger partial charge is 0.378 e. The first kappa shape index (κ1) is 18.0. The second-order valence-electron chi connectivity index (χ2n) is 7.00. The van der Waals surface area contributed by atoms with Gasteiger partial charge in [0, 0.05) is 18.6 Å². The van der Waals surface area contributed by atoms with Gasteiger partial charge >= 0.3 is 0 Å². The number of hydrogen-bond donors (Lipinski definition) is 1. The predicted octanol–water partition coefficient (Wildman–Crippen LogP) is 3.99. The minimum atomic E-state index is -0.332. The molecular formula is C19H22FN5O. The van der Waals surface area contributed by atoms with E-state index in [1.54, 1.807) is 37.7 Å². The normalized spacial score (nSPS) is 11.6. The summed E-state index contributed by atoms with van der Waals surface area (Å²) in [6.45, 7) is 6.56. The van der Waals surface area contributed by atoms with Gasteiger partial charge in [-0.1, -0.05) is 32.9 Å². The maximum absolute atomic E-state index is 13.9. The van der Waals surface area contributed by atoms with Gasteiger partial charge in [0.15, 0.2) is 0 Å². The average molecular weight is 355 g/mol. The molecule has 0 amide bonds. The Hall–Kier alpha value is -2.80. The highest BCUT2D eigenvalue weighted by molar-refractivity contribution is 5.55. The Bertz CT molecular complexity index is 901. The van der Waals surface area contributed by atoms with Crippen molar-refractivity contribution in [2.24, 2.45) is 0 Å². The second kappa shape index (κ2) is 7.21. The molecule has 0 saturated carbocycles. The van der Waals surface area contributed by atoms with Gasteiger partial charge in [0.1, 0.15) is 23.1 Å². The molecule has 1 N–H and O–H groups in total. The molecular weight excluding hydrogens is 333 g/mol. The minimum absolute atomic E-state index is 0.197. The van der Waals surface area contributed by atoms with E-state index in [0.29, 0.717) is 23.8 Å². The van der Waals surface area contributed by atoms with Gasteiger partial charge in [-0.25, -0.2) is 19.0 Å². The van der Waals surface area contributed by atoms with E-state index in [4.69, 9.17) is 4.74 Å². The zero-order valence-corrected chi connectivity index (χ0v) is 15.3. The Morgan fingerprint density at radius 2 is 1.96 bits per heavy atom. The van der Waals surface area contributed by atoms with Gasteiger partial charge in [-0.05, 0) is 12.1 Å². The number of ether oxygens (including phenoxy) is 1. The van der Waals surface area contributed by atoms with Crippen molar-refractivity contribution in [1.82, 2.24) is 19.7 Å². The van der Waals surface area contributed by atoms with Crippen molar-refractivity contribution in [3.05, 3.63) is 60.1 Å². The van der Waals surface area contributed by atoms with Crippen LogP contribution in [0.5, 0.6) is 0 Å². The first-order valence-electron chi connectivity index (χ1n) is 8.31. The molecule has 136 valence electrons. The van der Waals surface area contributed by atoms with Gasteiger partial charge in [0.2, 0.25) is 0 Å². The standard InChI is InChI=1S/C19H22FN5O/c1-19(2,3)18-23-13(12-26-4)9-17(24-18)22-14-10-21-25(11-14)16-8-6-5-7-15(16)20/h5-11H,12H2,1-4H3,(H,22,23,24). The quantitative estimate of drug-likeness (QED) is 0.750. The van der Waals surface area contributed by atoms with E-state index < -0.39 is 0 Å². The van der Waals surface area contributed by atoms with Gasteiger partial charge in [0.05, 0.1) is 30.4 Å². The van der Waals surface area contributed by atoms with E-state index in [9.17, 15) is 4.39 Å². The zero-order valence-electron chi connectivity index (χ0n) is 15.3. The summed E-state index contributed by atoms with van der Waals surface area (Å²) in [7, 11) is 1.63. The van der Waals surface area contributed by atoms with Crippen molar-refractivity contribution in [2.75, 3.05) is 12.4 Å². The molecule has 0 aliphatic heterocycles. The number of anilines is 2. The van der Waals surface area contributed by atoms with Crippen molar-refractivity contribution in [2.45, 2.75) is 32.8 Å². The number of rotatable bonds is 5. The number of nitrogens with zero attached hydrogens (tertiary/aromatic N) is 4. The van der Waals surface area contributed by atoms with Crippen LogP contribution in [0.25, 0.3) is 5.69 Å². The molecule has 26 heavy (non-hydrogen) atoms. The molecule has 3 rings (SSSR count). The van der Waals surface area contributed by atoms with Crippen LogP contribution in [0.3, 0.4) is 0 Å². The summed E-state index contributed by atoms with van der Waals surface area (Å²) in [5.41, 5.74) is 1.68. The molecule has 0 aliphatic carbocycles. The summed E-state index contributed by atoms with van der Waals surface area (Å²) in [5.74, 6) is 1.03. The van der Waals surface area contributed by atoms with Crippen molar-refractivity contribution in [3.63, 3.8) is 0 Å². The lowest BCUT2D eigenvalue weighted by atomic mass is 9.95. The number of methoxy groups -OCH3 is 1. The fourth-order valence-corrected chi connectivity index (χ4v) is 2.42. The van der Waals surface area contributed by atoms with Crippen LogP contribution in [-0.4, -0.2) is 26.9 Å². The maximum atomic E-state index is 13.9. The summed E-state index contributed by atoms with van der Waals surface area (Å²) in [5, 5.41) is 7.43. The molecule has 0 unspecified atom stereocenters. The maximum Gasteiger partial charge on any atom is 0.148 e. The summed E-state index contributed by atoms with van der Waals surface area (Å²) < 4.78 is 20.6. The van der Waals surface area contributed by atoms with Crippen molar-refractivity contribution >= 4 is 11.5 Å². The molecule has 7 heteroatoms. The summed E-state index contributed by atoms with van der Waals surface area (Å²) >= 11 is 0. The molecule has 0 fully saturated rings. The third kappa shape index (κ3) is 4.05. The van der Waals surface area contributed by atoms with E-state index >= 15 is 0 Å². The molecule has 3 aromatic rings. The van der Waals surface area contributed by atoms with Crippen molar-refractivity contribution in [1.29, 1.82) is 0 Å². The molecule has 0 radical (unpaired) electrons. The molecule has 0 spiro atoms. The summed E-state index contributed by atoms with van der Waals surface area (Å²) in [6, 6.07) is 8.32. The molecule has 6 nitrogen and oxygen atoms in total. The zero-order chi connectivity index (χ0) is 18.7. The first-order valence-corrected chi connectivity index (χ1v) is 8.31. The molecule has 0 bridgehead atoms. The van der Waals surface area contributed by atoms with Crippen LogP contribution >= 0.6 is 0 Å². The fourth-order valence-electron chi connectivity index (χ4n) is 2.42. The number of nitrogens with one attached hydrogen (secondary N) is 1. The third-order valence-electron chi connectivity index (χ3n) is 3.70. The molecule has 1 aromatic carbocycles. The van der Waals surface area contributed by atoms with Gasteiger partial charge in [-0.3, -0.25) is 0 Å². The monoisotopic (exact) mass is 355 g/mol. The number of halogens is 1. The van der Waals surface area contributed by atoms with Crippen LogP contribution in [0.1, 0.15) is 32.3 Å². The molecule has 0 aliphatic rings. The van der Waals surface area contributed by atoms with E-state index in [0.717, 1.165) is 11.5 Å². The Balaban J connectivity index is 1.89. The molecule has 2 aromatic heterocycles. The van der Waals surface area contributed by atoms with E-state index in [-0.39, 0.29) is 11.2 Å². The Morgan fingerprint density at radius 3 is 2.65 bits per heavy atom. The first-order chi connectivity index (χ1) is 12.4. The lowest BCUT2D eigenvalue weighted by Crippen LogP contribution is -2.18. The van der Waals surface area contributed by atoms with Crippen LogP contribution < -0.4 is 5.32 Å². The van der Waals surface area contributed by atoms with Crippen molar-refractivity contribution in [3.8, 4) is 5.69 Å². The van der Waals surface area contributed by atoms with Gasteiger partial charge < -0.3 is 10.1 Å². The lowest BCUT2D eigenvalue weighted by molar-refractivity contribution is 0.181. The van der Waals surface area contributed by atoms with Gasteiger partial charge in [-0.2, -0.15) is 5.10 Å². The van der Waals surface area contributed by atoms with Crippen LogP contribution in [0.2, 0.25) is 0 Å². The highest BCUT2D eigenvalue weighted by atomic mass is 19.1. The lowest BCUT2D eigenvalue weighted by Gasteiger charge is -2.18. The Kier molecular flexibility index (Phi) is 4.99. The summed E-state index contributed by atoms with van der Waals surface area (Å²) in [4.78, 5) is 9.15. The molecule has 2 heterocycles. The fraction of sp³-hybridized carbons (Fsp3) is 0.316. The topological polar surface area (TPSA) is 64.9 Å². The Morgan fingerprint density at radius 1 is 1.19 bits per heavy atom. The van der Waals surface area contributed by atoms with E-state index in [1.165, 1.54) is 10.7 Å². The van der Waals surface area contributed by atoms with Gasteiger partial charge in [-0.15, -0.1) is 0 Å². The van der Waals surface area contributed by atoms with E-state index in [2.05, 4.69) is 41.2 Å². The number of hydrogen-bond acceptors (Lipinski definition) is 5. The smallest absolute Gasteiger partial charge is 0.148 e. The number of benzene rings is 1. The summed E-state index contributed by atoms with van der Waals surface area (Å²) in [6.07, 6.45) is 3.34. The number of para-hydroxylation sites is 1. The average Bonchev–Trinajstić information content (AvgIpc) is 3.03. The van der Waals surface area contributed by atoms with Crippen LogP contribution in [0.15, 0.2) is 42.7 Å². The number of aromatic nitrogens is 4. The van der Waals surface area contributed by atoms with Gasteiger partial charge in [0.25, 0.3) is 0 Å². The molecule has 0 saturated heterocycles. The highest BCUT2D eigenvalue weighted by Gasteiger charge is 2.19. The van der Waals surface area contributed by atoms with Crippen LogP contribution in [-0.2, 0) is 16.8 Å². The predicted molar refractivity (Wildman–Crippen MR) is 98.2 cm³/mol. The minimum Gasteiger partial charge on any atom is -0.378 e. The van der Waals surface area contributed by atoms with Crippen molar-refractivity contribution < 1.29 is 9.13 Å². The Labute approximate surface area is 152 Å². The molecule has 0 atom stereocenters. The third-order valence-corrected chi connectivity index (χ3v) is 3.70. The van der Waals surface area contributed by atoms with Crippen LogP contribution in [0, 0.1) is 5.82 Å². The van der Waals surface area contributed by atoms with Crippen LogP contribution in [0.4, 0.5) is 15.9 Å². The second-order valence-corrected chi connectivity index (χ2v) is 7.00. The highest BCUT2D eigenvalue weighted by Crippen LogP contribution is 2.23. The SMILES string of the molecule is COCc1cc(Nc2cnn(-c3ccccc3F)c2)nc(C(C)(C)C)n1. The van der Waals surface area contributed by atoms with E-state index in [1.807, 2.05) is 6.07 Å².